The summed E-state index contributed by atoms with van der Waals surface area (Å²) in [6, 6.07) is 2.63. The van der Waals surface area contributed by atoms with Crippen molar-refractivity contribution in [3.63, 3.8) is 0 Å². The molecule has 126 valence electrons. The second-order valence-corrected chi connectivity index (χ2v) is 5.15. The van der Waals surface area contributed by atoms with Gasteiger partial charge in [-0.1, -0.05) is 0 Å². The molecule has 1 aliphatic rings. The molecule has 2 rings (SSSR count). The van der Waals surface area contributed by atoms with Gasteiger partial charge in [0, 0.05) is 32.0 Å². The van der Waals surface area contributed by atoms with Gasteiger partial charge in [0.2, 0.25) is 0 Å². The predicted molar refractivity (Wildman–Crippen MR) is 70.8 cm³/mol. The highest BCUT2D eigenvalue weighted by molar-refractivity contribution is 5.97. The molecule has 1 aliphatic heterocycles. The minimum Gasteiger partial charge on any atom is -0.479 e. The Hall–Kier alpha value is -2.29. The van der Waals surface area contributed by atoms with Crippen LogP contribution in [-0.4, -0.2) is 52.3 Å². The molecule has 6 nitrogen and oxygen atoms in total. The highest BCUT2D eigenvalue weighted by Gasteiger charge is 2.40. The van der Waals surface area contributed by atoms with E-state index in [-0.39, 0.29) is 31.5 Å². The van der Waals surface area contributed by atoms with Crippen molar-refractivity contribution in [2.24, 2.45) is 0 Å². The number of amides is 1. The van der Waals surface area contributed by atoms with Crippen LogP contribution in [0.4, 0.5) is 13.2 Å². The van der Waals surface area contributed by atoms with Gasteiger partial charge in [0.1, 0.15) is 11.6 Å². The number of carboxylic acid groups (broad SMARTS) is 1. The third-order valence-electron chi connectivity index (χ3n) is 3.67. The fraction of sp³-hybridized carbons (Fsp3) is 0.429. The van der Waals surface area contributed by atoms with Crippen LogP contribution in [0, 0.1) is 5.82 Å². The Morgan fingerprint density at radius 1 is 1.26 bits per heavy atom. The molecular formula is C14H14F3NO5. The first kappa shape index (κ1) is 17.1. The predicted octanol–water partition coefficient (Wildman–Crippen LogP) is 1.48. The SMILES string of the molecule is O=C(c1ccc(F)cc1OC(F)F)N1CCC(O)(C(=O)O)CC1. The van der Waals surface area contributed by atoms with Gasteiger partial charge in [-0.05, 0) is 12.1 Å². The summed E-state index contributed by atoms with van der Waals surface area (Å²) in [6.45, 7) is -3.37. The van der Waals surface area contributed by atoms with Crippen molar-refractivity contribution in [1.82, 2.24) is 4.90 Å². The Balaban J connectivity index is 2.17. The molecule has 0 bridgehead atoms. The first-order valence-electron chi connectivity index (χ1n) is 6.72. The van der Waals surface area contributed by atoms with Crippen LogP contribution in [0.5, 0.6) is 5.75 Å². The van der Waals surface area contributed by atoms with Crippen molar-refractivity contribution in [1.29, 1.82) is 0 Å². The normalized spacial score (nSPS) is 17.2. The number of hydrogen-bond donors (Lipinski definition) is 2. The largest absolute Gasteiger partial charge is 0.479 e. The van der Waals surface area contributed by atoms with Gasteiger partial charge < -0.3 is 19.8 Å². The minimum absolute atomic E-state index is 0.0763. The zero-order valence-electron chi connectivity index (χ0n) is 11.8. The number of piperidine rings is 1. The second-order valence-electron chi connectivity index (χ2n) is 5.15. The number of aliphatic carboxylic acids is 1. The second kappa shape index (κ2) is 6.45. The fourth-order valence-corrected chi connectivity index (χ4v) is 2.33. The maximum absolute atomic E-state index is 13.1. The zero-order chi connectivity index (χ0) is 17.2. The molecular weight excluding hydrogens is 319 g/mol. The van der Waals surface area contributed by atoms with Gasteiger partial charge >= 0.3 is 12.6 Å². The van der Waals surface area contributed by atoms with E-state index in [1.54, 1.807) is 0 Å². The molecule has 9 heteroatoms. The average Bonchev–Trinajstić information content (AvgIpc) is 2.47. The molecule has 1 aromatic rings. The molecule has 1 heterocycles. The topological polar surface area (TPSA) is 87.1 Å². The summed E-state index contributed by atoms with van der Waals surface area (Å²) in [6.07, 6.45) is -0.388. The highest BCUT2D eigenvalue weighted by Crippen LogP contribution is 2.27. The number of carbonyl (C=O) groups excluding carboxylic acids is 1. The molecule has 0 saturated carbocycles. The van der Waals surface area contributed by atoms with E-state index < -0.39 is 35.7 Å². The Labute approximate surface area is 129 Å². The Bertz CT molecular complexity index is 614. The number of halogens is 3. The smallest absolute Gasteiger partial charge is 0.387 e. The van der Waals surface area contributed by atoms with E-state index >= 15 is 0 Å². The zero-order valence-corrected chi connectivity index (χ0v) is 11.8. The first-order valence-corrected chi connectivity index (χ1v) is 6.72. The lowest BCUT2D eigenvalue weighted by molar-refractivity contribution is -0.162. The van der Waals surface area contributed by atoms with Crippen molar-refractivity contribution in [3.05, 3.63) is 29.6 Å². The van der Waals surface area contributed by atoms with Gasteiger partial charge in [-0.3, -0.25) is 4.79 Å². The van der Waals surface area contributed by atoms with E-state index in [0.717, 1.165) is 12.1 Å². The molecule has 0 unspecified atom stereocenters. The van der Waals surface area contributed by atoms with E-state index in [1.807, 2.05) is 0 Å². The summed E-state index contributed by atoms with van der Waals surface area (Å²) < 4.78 is 42.0. The van der Waals surface area contributed by atoms with Gasteiger partial charge in [-0.2, -0.15) is 8.78 Å². The molecule has 2 N–H and O–H groups in total. The maximum atomic E-state index is 13.1. The number of hydrogen-bond acceptors (Lipinski definition) is 4. The van der Waals surface area contributed by atoms with E-state index in [4.69, 9.17) is 5.11 Å². The number of nitrogens with zero attached hydrogens (tertiary/aromatic N) is 1. The molecule has 0 radical (unpaired) electrons. The summed E-state index contributed by atoms with van der Waals surface area (Å²) in [4.78, 5) is 24.5. The molecule has 0 aliphatic carbocycles. The number of alkyl halides is 2. The van der Waals surface area contributed by atoms with Crippen molar-refractivity contribution in [2.45, 2.75) is 25.1 Å². The first-order chi connectivity index (χ1) is 10.7. The van der Waals surface area contributed by atoms with Crippen LogP contribution in [0.1, 0.15) is 23.2 Å². The minimum atomic E-state index is -3.22. The van der Waals surface area contributed by atoms with E-state index in [0.29, 0.717) is 6.07 Å². The Kier molecular flexibility index (Phi) is 4.79. The number of carbonyl (C=O) groups is 2. The van der Waals surface area contributed by atoms with Gasteiger partial charge in [0.05, 0.1) is 5.56 Å². The monoisotopic (exact) mass is 333 g/mol. The summed E-state index contributed by atoms with van der Waals surface area (Å²) in [5.41, 5.74) is -2.17. The molecule has 1 fully saturated rings. The molecule has 1 aromatic carbocycles. The Morgan fingerprint density at radius 2 is 1.87 bits per heavy atom. The third kappa shape index (κ3) is 3.73. The van der Waals surface area contributed by atoms with Crippen LogP contribution < -0.4 is 4.74 Å². The lowest BCUT2D eigenvalue weighted by Gasteiger charge is -2.35. The number of ether oxygens (including phenoxy) is 1. The molecule has 0 atom stereocenters. The number of likely N-dealkylation sites (tertiary alicyclic amines) is 1. The summed E-state index contributed by atoms with van der Waals surface area (Å²) in [5, 5.41) is 18.7. The summed E-state index contributed by atoms with van der Waals surface area (Å²) in [5.74, 6) is -3.51. The lowest BCUT2D eigenvalue weighted by Crippen LogP contribution is -2.50. The van der Waals surface area contributed by atoms with E-state index in [9.17, 15) is 27.9 Å². The standard InChI is InChI=1S/C14H14F3NO5/c15-8-1-2-9(10(7-8)23-13(16)17)11(19)18-5-3-14(22,4-6-18)12(20)21/h1-2,7,13,22H,3-6H2,(H,20,21). The molecule has 0 spiro atoms. The van der Waals surface area contributed by atoms with Gasteiger partial charge in [0.25, 0.3) is 5.91 Å². The van der Waals surface area contributed by atoms with Crippen LogP contribution in [0.15, 0.2) is 18.2 Å². The lowest BCUT2D eigenvalue weighted by atomic mass is 9.91. The van der Waals surface area contributed by atoms with Crippen LogP contribution in [-0.2, 0) is 4.79 Å². The fourth-order valence-electron chi connectivity index (χ4n) is 2.33. The number of benzene rings is 1. The van der Waals surface area contributed by atoms with Crippen molar-refractivity contribution >= 4 is 11.9 Å². The summed E-state index contributed by atoms with van der Waals surface area (Å²) >= 11 is 0. The summed E-state index contributed by atoms with van der Waals surface area (Å²) in [7, 11) is 0. The third-order valence-corrected chi connectivity index (χ3v) is 3.67. The van der Waals surface area contributed by atoms with Crippen LogP contribution in [0.3, 0.4) is 0 Å². The van der Waals surface area contributed by atoms with Crippen LogP contribution >= 0.6 is 0 Å². The molecule has 1 saturated heterocycles. The Morgan fingerprint density at radius 3 is 2.39 bits per heavy atom. The molecule has 1 amide bonds. The van der Waals surface area contributed by atoms with E-state index in [1.165, 1.54) is 4.90 Å². The van der Waals surface area contributed by atoms with Crippen LogP contribution in [0.25, 0.3) is 0 Å². The number of carboxylic acids is 1. The maximum Gasteiger partial charge on any atom is 0.387 e. The number of rotatable bonds is 4. The molecule has 23 heavy (non-hydrogen) atoms. The van der Waals surface area contributed by atoms with E-state index in [2.05, 4.69) is 4.74 Å². The quantitative estimate of drug-likeness (QED) is 0.871. The molecule has 0 aromatic heterocycles. The van der Waals surface area contributed by atoms with Gasteiger partial charge in [-0.15, -0.1) is 0 Å². The van der Waals surface area contributed by atoms with Gasteiger partial charge in [-0.25, -0.2) is 9.18 Å². The van der Waals surface area contributed by atoms with Crippen LogP contribution in [0.2, 0.25) is 0 Å². The highest BCUT2D eigenvalue weighted by atomic mass is 19.3. The van der Waals surface area contributed by atoms with Crippen molar-refractivity contribution in [3.8, 4) is 5.75 Å². The number of aliphatic hydroxyl groups is 1. The van der Waals surface area contributed by atoms with Gasteiger partial charge in [0.15, 0.2) is 5.60 Å². The average molecular weight is 333 g/mol. The van der Waals surface area contributed by atoms with Crippen molar-refractivity contribution in [2.75, 3.05) is 13.1 Å². The van der Waals surface area contributed by atoms with Crippen molar-refractivity contribution < 1.29 is 37.7 Å².